The Labute approximate surface area is 109 Å². The first kappa shape index (κ1) is 10.8. The van der Waals surface area contributed by atoms with Crippen LogP contribution in [0.4, 0.5) is 5.13 Å². The molecule has 0 spiro atoms. The maximum atomic E-state index is 10.6. The molecule has 4 rings (SSSR count). The summed E-state index contributed by atoms with van der Waals surface area (Å²) in [6.45, 7) is 0. The van der Waals surface area contributed by atoms with Crippen molar-refractivity contribution in [2.75, 3.05) is 5.32 Å². The van der Waals surface area contributed by atoms with Crippen molar-refractivity contribution in [1.82, 2.24) is 4.98 Å². The summed E-state index contributed by atoms with van der Waals surface area (Å²) < 4.78 is 0. The van der Waals surface area contributed by atoms with Crippen molar-refractivity contribution in [2.24, 2.45) is 23.7 Å². The van der Waals surface area contributed by atoms with E-state index < -0.39 is 5.97 Å². The number of aliphatic carboxylic acids is 1. The van der Waals surface area contributed by atoms with Crippen molar-refractivity contribution < 1.29 is 9.90 Å². The quantitative estimate of drug-likeness (QED) is 0.875. The topological polar surface area (TPSA) is 62.2 Å². The lowest BCUT2D eigenvalue weighted by molar-refractivity contribution is -0.136. The summed E-state index contributed by atoms with van der Waals surface area (Å²) in [4.78, 5) is 15.0. The van der Waals surface area contributed by atoms with E-state index in [1.54, 1.807) is 0 Å². The van der Waals surface area contributed by atoms with Gasteiger partial charge in [0.05, 0.1) is 12.1 Å². The molecule has 0 aliphatic heterocycles. The fraction of sp³-hybridized carbons (Fsp3) is 0.692. The average Bonchev–Trinajstić information content (AvgIpc) is 2.74. The van der Waals surface area contributed by atoms with Crippen molar-refractivity contribution in [3.05, 3.63) is 11.1 Å². The predicted molar refractivity (Wildman–Crippen MR) is 68.7 cm³/mol. The number of hydrogen-bond acceptors (Lipinski definition) is 4. The Bertz CT molecular complexity index is 485. The highest BCUT2D eigenvalue weighted by molar-refractivity contribution is 7.13. The molecule has 18 heavy (non-hydrogen) atoms. The highest BCUT2D eigenvalue weighted by Crippen LogP contribution is 2.66. The smallest absolute Gasteiger partial charge is 0.309 e. The number of carboxylic acids is 1. The van der Waals surface area contributed by atoms with Crippen LogP contribution < -0.4 is 5.32 Å². The Morgan fingerprint density at radius 3 is 2.83 bits per heavy atom. The Morgan fingerprint density at radius 2 is 2.17 bits per heavy atom. The molecule has 1 heterocycles. The third-order valence-electron chi connectivity index (χ3n) is 4.91. The van der Waals surface area contributed by atoms with Gasteiger partial charge in [-0.3, -0.25) is 4.79 Å². The number of fused-ring (bicyclic) bond motifs is 5. The molecule has 3 fully saturated rings. The highest BCUT2D eigenvalue weighted by atomic mass is 32.1. The van der Waals surface area contributed by atoms with Gasteiger partial charge in [0.15, 0.2) is 5.13 Å². The minimum Gasteiger partial charge on any atom is -0.481 e. The number of thiazole rings is 1. The number of nitrogens with one attached hydrogen (secondary N) is 1. The molecule has 1 aromatic heterocycles. The maximum Gasteiger partial charge on any atom is 0.309 e. The summed E-state index contributed by atoms with van der Waals surface area (Å²) in [5.74, 6) is 2.87. The van der Waals surface area contributed by atoms with Crippen LogP contribution in [0.1, 0.15) is 25.0 Å². The van der Waals surface area contributed by atoms with Gasteiger partial charge in [0, 0.05) is 11.4 Å². The van der Waals surface area contributed by atoms with Crippen molar-refractivity contribution >= 4 is 22.4 Å². The first-order valence-electron chi connectivity index (χ1n) is 6.65. The third-order valence-corrected chi connectivity index (χ3v) is 5.73. The minimum atomic E-state index is -0.812. The maximum absolute atomic E-state index is 10.6. The molecule has 0 amide bonds. The molecule has 0 radical (unpaired) electrons. The Kier molecular flexibility index (Phi) is 2.22. The normalized spacial score (nSPS) is 39.7. The van der Waals surface area contributed by atoms with Gasteiger partial charge in [-0.05, 0) is 42.9 Å². The summed E-state index contributed by atoms with van der Waals surface area (Å²) in [7, 11) is 0. The Hall–Kier alpha value is -1.10. The van der Waals surface area contributed by atoms with Gasteiger partial charge in [-0.15, -0.1) is 11.3 Å². The van der Waals surface area contributed by atoms with Crippen LogP contribution >= 0.6 is 11.3 Å². The molecular formula is C13H16N2O2S. The lowest BCUT2D eigenvalue weighted by atomic mass is 10.0. The third kappa shape index (κ3) is 1.56. The second-order valence-electron chi connectivity index (χ2n) is 5.87. The lowest BCUT2D eigenvalue weighted by Crippen LogP contribution is -2.12. The number of carbonyl (C=O) groups is 1. The molecule has 4 nitrogen and oxygen atoms in total. The van der Waals surface area contributed by atoms with E-state index in [0.29, 0.717) is 11.7 Å². The molecule has 3 aliphatic carbocycles. The Morgan fingerprint density at radius 1 is 1.44 bits per heavy atom. The number of anilines is 1. The number of rotatable bonds is 4. The summed E-state index contributed by atoms with van der Waals surface area (Å²) in [6.07, 6.45) is 4.33. The van der Waals surface area contributed by atoms with Gasteiger partial charge >= 0.3 is 5.97 Å². The number of hydrogen-bond donors (Lipinski definition) is 2. The zero-order valence-electron chi connectivity index (χ0n) is 10.0. The van der Waals surface area contributed by atoms with E-state index in [1.165, 1.54) is 30.6 Å². The first-order chi connectivity index (χ1) is 8.72. The molecule has 3 aliphatic rings. The van der Waals surface area contributed by atoms with E-state index in [1.807, 2.05) is 5.38 Å². The van der Waals surface area contributed by atoms with E-state index >= 15 is 0 Å². The van der Waals surface area contributed by atoms with Crippen LogP contribution in [0.15, 0.2) is 5.38 Å². The summed E-state index contributed by atoms with van der Waals surface area (Å²) in [5, 5.41) is 15.0. The van der Waals surface area contributed by atoms with Crippen molar-refractivity contribution in [2.45, 2.75) is 31.7 Å². The van der Waals surface area contributed by atoms with E-state index in [2.05, 4.69) is 10.3 Å². The monoisotopic (exact) mass is 264 g/mol. The van der Waals surface area contributed by atoms with Gasteiger partial charge in [0.25, 0.3) is 0 Å². The van der Waals surface area contributed by atoms with Gasteiger partial charge in [0.1, 0.15) is 0 Å². The summed E-state index contributed by atoms with van der Waals surface area (Å²) in [6, 6.07) is 0.625. The fourth-order valence-electron chi connectivity index (χ4n) is 4.27. The SMILES string of the molecule is O=C(O)Cc1csc(NC2C3C4CCC(C4)C23)n1. The number of nitrogens with zero attached hydrogens (tertiary/aromatic N) is 1. The average molecular weight is 264 g/mol. The van der Waals surface area contributed by atoms with Crippen LogP contribution in [-0.2, 0) is 11.2 Å². The first-order valence-corrected chi connectivity index (χ1v) is 7.53. The minimum absolute atomic E-state index is 0.0287. The van der Waals surface area contributed by atoms with Crippen molar-refractivity contribution in [3.63, 3.8) is 0 Å². The molecular weight excluding hydrogens is 248 g/mol. The van der Waals surface area contributed by atoms with Crippen molar-refractivity contribution in [1.29, 1.82) is 0 Å². The molecule has 96 valence electrons. The molecule has 0 saturated heterocycles. The highest BCUT2D eigenvalue weighted by Gasteiger charge is 2.65. The summed E-state index contributed by atoms with van der Waals surface area (Å²) in [5.41, 5.74) is 0.670. The molecule has 5 heteroatoms. The molecule has 0 aromatic carbocycles. The van der Waals surface area contributed by atoms with Gasteiger partial charge in [-0.25, -0.2) is 4.98 Å². The molecule has 2 bridgehead atoms. The van der Waals surface area contributed by atoms with Gasteiger partial charge in [0.2, 0.25) is 0 Å². The molecule has 2 N–H and O–H groups in total. The van der Waals surface area contributed by atoms with E-state index in [-0.39, 0.29) is 6.42 Å². The second-order valence-corrected chi connectivity index (χ2v) is 6.73. The van der Waals surface area contributed by atoms with Crippen LogP contribution in [0.3, 0.4) is 0 Å². The number of carboxylic acid groups (broad SMARTS) is 1. The van der Waals surface area contributed by atoms with Crippen LogP contribution in [0, 0.1) is 23.7 Å². The molecule has 3 saturated carbocycles. The fourth-order valence-corrected chi connectivity index (χ4v) is 5.03. The molecule has 4 atom stereocenters. The van der Waals surface area contributed by atoms with Gasteiger partial charge in [-0.2, -0.15) is 0 Å². The van der Waals surface area contributed by atoms with E-state index in [4.69, 9.17) is 5.11 Å². The van der Waals surface area contributed by atoms with E-state index in [9.17, 15) is 4.79 Å². The zero-order valence-corrected chi connectivity index (χ0v) is 10.8. The standard InChI is InChI=1S/C13H16N2O2S/c16-9(17)4-8-5-18-13(14-8)15-12-10-6-1-2-7(3-6)11(10)12/h5-7,10-12H,1-4H2,(H,14,15)(H,16,17). The Balaban J connectivity index is 1.41. The lowest BCUT2D eigenvalue weighted by Gasteiger charge is -2.09. The van der Waals surface area contributed by atoms with Crippen LogP contribution in [0.25, 0.3) is 0 Å². The largest absolute Gasteiger partial charge is 0.481 e. The van der Waals surface area contributed by atoms with Crippen LogP contribution in [0.5, 0.6) is 0 Å². The van der Waals surface area contributed by atoms with Gasteiger partial charge < -0.3 is 10.4 Å². The van der Waals surface area contributed by atoms with Gasteiger partial charge in [-0.1, -0.05) is 0 Å². The van der Waals surface area contributed by atoms with Crippen LogP contribution in [0.2, 0.25) is 0 Å². The van der Waals surface area contributed by atoms with Crippen LogP contribution in [-0.4, -0.2) is 22.1 Å². The molecule has 4 unspecified atom stereocenters. The summed E-state index contributed by atoms with van der Waals surface area (Å²) >= 11 is 1.54. The van der Waals surface area contributed by atoms with Crippen molar-refractivity contribution in [3.8, 4) is 0 Å². The van der Waals surface area contributed by atoms with E-state index in [0.717, 1.165) is 28.8 Å². The predicted octanol–water partition coefficient (Wildman–Crippen LogP) is 2.23. The zero-order chi connectivity index (χ0) is 12.3. The molecule has 1 aromatic rings. The second kappa shape index (κ2) is 3.70. The number of aromatic nitrogens is 1.